The van der Waals surface area contributed by atoms with Crippen LogP contribution in [0.5, 0.6) is 0 Å². The number of rotatable bonds is 5. The molecule has 0 saturated carbocycles. The summed E-state index contributed by atoms with van der Waals surface area (Å²) in [5, 5.41) is 3.31. The molecule has 1 aromatic carbocycles. The van der Waals surface area contributed by atoms with E-state index in [1.807, 2.05) is 0 Å². The van der Waals surface area contributed by atoms with Crippen LogP contribution < -0.4 is 10.2 Å². The first-order valence-corrected chi connectivity index (χ1v) is 7.32. The lowest BCUT2D eigenvalue weighted by Crippen LogP contribution is -2.38. The zero-order chi connectivity index (χ0) is 13.7. The van der Waals surface area contributed by atoms with Gasteiger partial charge in [0.05, 0.1) is 0 Å². The molecule has 0 amide bonds. The summed E-state index contributed by atoms with van der Waals surface area (Å²) < 4.78 is 0. The molecule has 1 aliphatic heterocycles. The van der Waals surface area contributed by atoms with Crippen LogP contribution >= 0.6 is 0 Å². The molecule has 1 atom stereocenters. The molecule has 3 heteroatoms. The van der Waals surface area contributed by atoms with Crippen LogP contribution in [0.15, 0.2) is 24.3 Å². The number of anilines is 1. The molecular weight excluding hydrogens is 234 g/mol. The van der Waals surface area contributed by atoms with E-state index in [0.717, 1.165) is 19.0 Å². The second-order valence-corrected chi connectivity index (χ2v) is 5.86. The van der Waals surface area contributed by atoms with Crippen molar-refractivity contribution >= 4 is 5.69 Å². The minimum absolute atomic E-state index is 0.819. The molecule has 0 aromatic heterocycles. The van der Waals surface area contributed by atoms with E-state index in [-0.39, 0.29) is 0 Å². The van der Waals surface area contributed by atoms with Crippen LogP contribution in [0.3, 0.4) is 0 Å². The van der Waals surface area contributed by atoms with Gasteiger partial charge in [-0.15, -0.1) is 0 Å². The smallest absolute Gasteiger partial charge is 0.0361 e. The van der Waals surface area contributed by atoms with Gasteiger partial charge in [-0.25, -0.2) is 0 Å². The quantitative estimate of drug-likeness (QED) is 0.876. The summed E-state index contributed by atoms with van der Waals surface area (Å²) in [5.41, 5.74) is 2.70. The predicted molar refractivity (Wildman–Crippen MR) is 82.7 cm³/mol. The third kappa shape index (κ3) is 4.22. The fourth-order valence-corrected chi connectivity index (χ4v) is 2.91. The van der Waals surface area contributed by atoms with Gasteiger partial charge in [-0.2, -0.15) is 0 Å². The molecule has 106 valence electrons. The molecule has 1 unspecified atom stereocenters. The van der Waals surface area contributed by atoms with Gasteiger partial charge >= 0.3 is 0 Å². The van der Waals surface area contributed by atoms with Gasteiger partial charge in [-0.3, -0.25) is 4.90 Å². The van der Waals surface area contributed by atoms with E-state index in [1.165, 1.54) is 37.2 Å². The Morgan fingerprint density at radius 1 is 1.26 bits per heavy atom. The third-order valence-corrected chi connectivity index (χ3v) is 3.95. The predicted octanol–water partition coefficient (Wildman–Crippen LogP) is 2.18. The fraction of sp³-hybridized carbons (Fsp3) is 0.625. The highest BCUT2D eigenvalue weighted by Gasteiger charge is 2.19. The number of piperidine rings is 1. The number of nitrogens with one attached hydrogen (secondary N) is 1. The Morgan fingerprint density at radius 2 is 2.00 bits per heavy atom. The topological polar surface area (TPSA) is 18.5 Å². The Morgan fingerprint density at radius 3 is 2.63 bits per heavy atom. The third-order valence-electron chi connectivity index (χ3n) is 3.95. The lowest BCUT2D eigenvalue weighted by molar-refractivity contribution is 0.167. The number of hydrogen-bond acceptors (Lipinski definition) is 3. The molecule has 0 bridgehead atoms. The van der Waals surface area contributed by atoms with Crippen LogP contribution in [0.2, 0.25) is 0 Å². The standard InChI is InChI=1S/C16H27N3/c1-17-11-15-5-4-10-19(13-15)12-14-6-8-16(9-7-14)18(2)3/h6-9,15,17H,4-5,10-13H2,1-3H3. The van der Waals surface area contributed by atoms with Gasteiger partial charge in [0.15, 0.2) is 0 Å². The number of likely N-dealkylation sites (tertiary alicyclic amines) is 1. The Balaban J connectivity index is 1.89. The summed E-state index contributed by atoms with van der Waals surface area (Å²) >= 11 is 0. The number of benzene rings is 1. The van der Waals surface area contributed by atoms with Crippen molar-refractivity contribution in [1.29, 1.82) is 0 Å². The van der Waals surface area contributed by atoms with E-state index in [2.05, 4.69) is 60.5 Å². The van der Waals surface area contributed by atoms with E-state index in [9.17, 15) is 0 Å². The monoisotopic (exact) mass is 261 g/mol. The average Bonchev–Trinajstić information content (AvgIpc) is 2.40. The van der Waals surface area contributed by atoms with Crippen LogP contribution in [0.4, 0.5) is 5.69 Å². The maximum Gasteiger partial charge on any atom is 0.0361 e. The van der Waals surface area contributed by atoms with Crippen molar-refractivity contribution in [2.24, 2.45) is 5.92 Å². The Bertz CT molecular complexity index is 370. The molecule has 3 nitrogen and oxygen atoms in total. The van der Waals surface area contributed by atoms with Crippen molar-refractivity contribution in [3.63, 3.8) is 0 Å². The molecule has 0 radical (unpaired) electrons. The largest absolute Gasteiger partial charge is 0.378 e. The van der Waals surface area contributed by atoms with Crippen LogP contribution in [-0.4, -0.2) is 45.7 Å². The van der Waals surface area contributed by atoms with Crippen molar-refractivity contribution in [3.05, 3.63) is 29.8 Å². The van der Waals surface area contributed by atoms with E-state index in [4.69, 9.17) is 0 Å². The number of hydrogen-bond donors (Lipinski definition) is 1. The first-order chi connectivity index (χ1) is 9.19. The molecule has 1 heterocycles. The van der Waals surface area contributed by atoms with Gasteiger partial charge in [0.1, 0.15) is 0 Å². The molecule has 1 saturated heterocycles. The van der Waals surface area contributed by atoms with Gasteiger partial charge < -0.3 is 10.2 Å². The maximum atomic E-state index is 3.31. The van der Waals surface area contributed by atoms with Crippen LogP contribution in [0.25, 0.3) is 0 Å². The van der Waals surface area contributed by atoms with Gasteiger partial charge in [-0.1, -0.05) is 12.1 Å². The van der Waals surface area contributed by atoms with E-state index in [0.29, 0.717) is 0 Å². The lowest BCUT2D eigenvalue weighted by atomic mass is 9.97. The van der Waals surface area contributed by atoms with Crippen molar-refractivity contribution in [2.75, 3.05) is 45.7 Å². The molecule has 0 spiro atoms. The lowest BCUT2D eigenvalue weighted by Gasteiger charge is -2.32. The normalized spacial score (nSPS) is 20.5. The molecule has 2 rings (SSSR count). The Hall–Kier alpha value is -1.06. The minimum atomic E-state index is 0.819. The fourth-order valence-electron chi connectivity index (χ4n) is 2.91. The van der Waals surface area contributed by atoms with Crippen LogP contribution in [-0.2, 0) is 6.54 Å². The van der Waals surface area contributed by atoms with E-state index in [1.54, 1.807) is 0 Å². The average molecular weight is 261 g/mol. The first kappa shape index (κ1) is 14.4. The van der Waals surface area contributed by atoms with Crippen LogP contribution in [0, 0.1) is 5.92 Å². The van der Waals surface area contributed by atoms with Crippen molar-refractivity contribution in [3.8, 4) is 0 Å². The van der Waals surface area contributed by atoms with Gasteiger partial charge in [0.2, 0.25) is 0 Å². The Labute approximate surface area is 117 Å². The highest BCUT2D eigenvalue weighted by atomic mass is 15.1. The molecule has 0 aliphatic carbocycles. The van der Waals surface area contributed by atoms with Gasteiger partial charge in [0.25, 0.3) is 0 Å². The van der Waals surface area contributed by atoms with Gasteiger partial charge in [-0.05, 0) is 56.6 Å². The first-order valence-electron chi connectivity index (χ1n) is 7.32. The maximum absolute atomic E-state index is 3.31. The zero-order valence-corrected chi connectivity index (χ0v) is 12.5. The van der Waals surface area contributed by atoms with E-state index >= 15 is 0 Å². The summed E-state index contributed by atoms with van der Waals surface area (Å²) in [6.45, 7) is 4.72. The van der Waals surface area contributed by atoms with Crippen molar-refractivity contribution in [2.45, 2.75) is 19.4 Å². The van der Waals surface area contributed by atoms with Crippen molar-refractivity contribution in [1.82, 2.24) is 10.2 Å². The van der Waals surface area contributed by atoms with Crippen LogP contribution in [0.1, 0.15) is 18.4 Å². The van der Waals surface area contributed by atoms with Crippen molar-refractivity contribution < 1.29 is 0 Å². The van der Waals surface area contributed by atoms with Gasteiger partial charge in [0, 0.05) is 32.9 Å². The molecule has 1 N–H and O–H groups in total. The molecular formula is C16H27N3. The highest BCUT2D eigenvalue weighted by molar-refractivity contribution is 5.45. The molecule has 1 aromatic rings. The summed E-state index contributed by atoms with van der Waals surface area (Å²) in [6.07, 6.45) is 2.71. The highest BCUT2D eigenvalue weighted by Crippen LogP contribution is 2.19. The minimum Gasteiger partial charge on any atom is -0.378 e. The molecule has 1 fully saturated rings. The molecule has 1 aliphatic rings. The summed E-state index contributed by atoms with van der Waals surface area (Å²) in [7, 11) is 6.23. The zero-order valence-electron chi connectivity index (χ0n) is 12.5. The molecule has 19 heavy (non-hydrogen) atoms. The summed E-state index contributed by atoms with van der Waals surface area (Å²) in [5.74, 6) is 0.819. The summed E-state index contributed by atoms with van der Waals surface area (Å²) in [6, 6.07) is 8.95. The SMILES string of the molecule is CNCC1CCCN(Cc2ccc(N(C)C)cc2)C1. The second kappa shape index (κ2) is 6.92. The second-order valence-electron chi connectivity index (χ2n) is 5.86. The summed E-state index contributed by atoms with van der Waals surface area (Å²) in [4.78, 5) is 4.74. The number of nitrogens with zero attached hydrogens (tertiary/aromatic N) is 2. The van der Waals surface area contributed by atoms with E-state index < -0.39 is 0 Å². The Kier molecular flexibility index (Phi) is 5.23.